The SMILES string of the molecule is CCCC(=O)NC(C)C1(OC)CCOCC1. The van der Waals surface area contributed by atoms with Crippen LogP contribution in [0.3, 0.4) is 0 Å². The van der Waals surface area contributed by atoms with E-state index >= 15 is 0 Å². The average Bonchev–Trinajstić information content (AvgIpc) is 2.30. The Bertz CT molecular complexity index is 224. The maximum atomic E-state index is 11.6. The lowest BCUT2D eigenvalue weighted by Gasteiger charge is -2.41. The van der Waals surface area contributed by atoms with Gasteiger partial charge in [0.25, 0.3) is 0 Å². The van der Waals surface area contributed by atoms with E-state index in [2.05, 4.69) is 5.32 Å². The second kappa shape index (κ2) is 6.21. The van der Waals surface area contributed by atoms with E-state index in [0.29, 0.717) is 19.6 Å². The predicted octanol–water partition coefficient (Wildman–Crippen LogP) is 1.49. The summed E-state index contributed by atoms with van der Waals surface area (Å²) in [4.78, 5) is 11.6. The van der Waals surface area contributed by atoms with Gasteiger partial charge in [0.1, 0.15) is 0 Å². The Hall–Kier alpha value is -0.610. The van der Waals surface area contributed by atoms with Gasteiger partial charge < -0.3 is 14.8 Å². The van der Waals surface area contributed by atoms with E-state index in [1.807, 2.05) is 13.8 Å². The molecule has 1 saturated heterocycles. The number of carbonyl (C=O) groups is 1. The minimum atomic E-state index is -0.248. The molecule has 1 atom stereocenters. The van der Waals surface area contributed by atoms with Crippen molar-refractivity contribution in [2.24, 2.45) is 0 Å². The van der Waals surface area contributed by atoms with Crippen LogP contribution in [0.5, 0.6) is 0 Å². The van der Waals surface area contributed by atoms with Gasteiger partial charge in [0.2, 0.25) is 5.91 Å². The molecule has 0 aliphatic carbocycles. The monoisotopic (exact) mass is 229 g/mol. The third-order valence-electron chi connectivity index (χ3n) is 3.39. The molecule has 1 rings (SSSR count). The van der Waals surface area contributed by atoms with E-state index in [-0.39, 0.29) is 17.6 Å². The zero-order valence-electron chi connectivity index (χ0n) is 10.5. The van der Waals surface area contributed by atoms with Crippen LogP contribution in [0.2, 0.25) is 0 Å². The van der Waals surface area contributed by atoms with E-state index in [0.717, 1.165) is 19.3 Å². The summed E-state index contributed by atoms with van der Waals surface area (Å²) in [5, 5.41) is 3.02. The molecule has 0 saturated carbocycles. The molecule has 0 radical (unpaired) electrons. The van der Waals surface area contributed by atoms with Crippen LogP contribution in [0.1, 0.15) is 39.5 Å². The van der Waals surface area contributed by atoms with Crippen LogP contribution >= 0.6 is 0 Å². The summed E-state index contributed by atoms with van der Waals surface area (Å²) in [5.41, 5.74) is -0.248. The van der Waals surface area contributed by atoms with Gasteiger partial charge in [-0.1, -0.05) is 6.92 Å². The number of hydrogen-bond donors (Lipinski definition) is 1. The fourth-order valence-corrected chi connectivity index (χ4v) is 2.20. The fraction of sp³-hybridized carbons (Fsp3) is 0.917. The number of methoxy groups -OCH3 is 1. The standard InChI is InChI=1S/C12H23NO3/c1-4-5-11(14)13-10(2)12(15-3)6-8-16-9-7-12/h10H,4-9H2,1-3H3,(H,13,14). The number of amides is 1. The number of ether oxygens (including phenoxy) is 2. The topological polar surface area (TPSA) is 47.6 Å². The van der Waals surface area contributed by atoms with E-state index < -0.39 is 0 Å². The third kappa shape index (κ3) is 3.19. The first-order valence-electron chi connectivity index (χ1n) is 6.07. The molecule has 0 bridgehead atoms. The fourth-order valence-electron chi connectivity index (χ4n) is 2.20. The van der Waals surface area contributed by atoms with Gasteiger partial charge in [0.05, 0.1) is 11.6 Å². The Labute approximate surface area is 97.7 Å². The Morgan fingerprint density at radius 1 is 1.50 bits per heavy atom. The van der Waals surface area contributed by atoms with Gasteiger partial charge >= 0.3 is 0 Å². The molecular formula is C12H23NO3. The van der Waals surface area contributed by atoms with Gasteiger partial charge in [0.15, 0.2) is 0 Å². The summed E-state index contributed by atoms with van der Waals surface area (Å²) in [6.45, 7) is 5.44. The predicted molar refractivity (Wildman–Crippen MR) is 62.3 cm³/mol. The van der Waals surface area contributed by atoms with E-state index in [9.17, 15) is 4.79 Å². The zero-order valence-corrected chi connectivity index (χ0v) is 10.5. The van der Waals surface area contributed by atoms with Crippen molar-refractivity contribution in [1.29, 1.82) is 0 Å². The smallest absolute Gasteiger partial charge is 0.220 e. The third-order valence-corrected chi connectivity index (χ3v) is 3.39. The Balaban J connectivity index is 2.54. The van der Waals surface area contributed by atoms with Gasteiger partial charge in [-0.2, -0.15) is 0 Å². The molecule has 1 unspecified atom stereocenters. The van der Waals surface area contributed by atoms with Crippen LogP contribution in [0, 0.1) is 0 Å². The second-order valence-corrected chi connectivity index (χ2v) is 4.42. The molecule has 0 aromatic heterocycles. The van der Waals surface area contributed by atoms with E-state index in [1.54, 1.807) is 7.11 Å². The summed E-state index contributed by atoms with van der Waals surface area (Å²) < 4.78 is 11.0. The Morgan fingerprint density at radius 3 is 2.62 bits per heavy atom. The van der Waals surface area contributed by atoms with Crippen molar-refractivity contribution in [3.05, 3.63) is 0 Å². The number of carbonyl (C=O) groups excluding carboxylic acids is 1. The summed E-state index contributed by atoms with van der Waals surface area (Å²) >= 11 is 0. The van der Waals surface area contributed by atoms with Crippen molar-refractivity contribution >= 4 is 5.91 Å². The van der Waals surface area contributed by atoms with Crippen molar-refractivity contribution in [1.82, 2.24) is 5.32 Å². The molecule has 1 N–H and O–H groups in total. The maximum absolute atomic E-state index is 11.6. The van der Waals surface area contributed by atoms with Crippen molar-refractivity contribution in [3.63, 3.8) is 0 Å². The molecule has 94 valence electrons. The maximum Gasteiger partial charge on any atom is 0.220 e. The van der Waals surface area contributed by atoms with Crippen molar-refractivity contribution in [2.45, 2.75) is 51.2 Å². The van der Waals surface area contributed by atoms with Crippen LogP contribution in [0.15, 0.2) is 0 Å². The number of rotatable bonds is 5. The largest absolute Gasteiger partial charge is 0.381 e. The lowest BCUT2D eigenvalue weighted by Crippen LogP contribution is -2.54. The van der Waals surface area contributed by atoms with Crippen LogP contribution in [0.25, 0.3) is 0 Å². The van der Waals surface area contributed by atoms with Crippen molar-refractivity contribution in [2.75, 3.05) is 20.3 Å². The molecule has 1 amide bonds. The molecule has 1 aliphatic rings. The average molecular weight is 229 g/mol. The molecule has 4 nitrogen and oxygen atoms in total. The van der Waals surface area contributed by atoms with Gasteiger partial charge in [-0.3, -0.25) is 4.79 Å². The van der Waals surface area contributed by atoms with Gasteiger partial charge in [-0.05, 0) is 13.3 Å². The highest BCUT2D eigenvalue weighted by Gasteiger charge is 2.38. The normalized spacial score (nSPS) is 21.4. The first-order valence-corrected chi connectivity index (χ1v) is 6.07. The molecule has 0 aromatic carbocycles. The first-order chi connectivity index (χ1) is 7.64. The zero-order chi connectivity index (χ0) is 12.0. The molecular weight excluding hydrogens is 206 g/mol. The molecule has 1 fully saturated rings. The highest BCUT2D eigenvalue weighted by atomic mass is 16.5. The molecule has 0 spiro atoms. The van der Waals surface area contributed by atoms with E-state index in [4.69, 9.17) is 9.47 Å². The number of nitrogens with one attached hydrogen (secondary N) is 1. The first kappa shape index (κ1) is 13.5. The Kier molecular flexibility index (Phi) is 5.22. The van der Waals surface area contributed by atoms with Crippen molar-refractivity contribution < 1.29 is 14.3 Å². The highest BCUT2D eigenvalue weighted by Crippen LogP contribution is 2.28. The van der Waals surface area contributed by atoms with Crippen LogP contribution in [-0.4, -0.2) is 37.9 Å². The van der Waals surface area contributed by atoms with Gasteiger partial charge in [-0.25, -0.2) is 0 Å². The summed E-state index contributed by atoms with van der Waals surface area (Å²) in [6.07, 6.45) is 3.15. The van der Waals surface area contributed by atoms with Crippen LogP contribution in [-0.2, 0) is 14.3 Å². The van der Waals surface area contributed by atoms with Crippen LogP contribution < -0.4 is 5.32 Å². The lowest BCUT2D eigenvalue weighted by atomic mass is 9.87. The minimum absolute atomic E-state index is 0.0421. The lowest BCUT2D eigenvalue weighted by molar-refractivity contribution is -0.131. The van der Waals surface area contributed by atoms with Gasteiger partial charge in [0, 0.05) is 39.6 Å². The number of hydrogen-bond acceptors (Lipinski definition) is 3. The summed E-state index contributed by atoms with van der Waals surface area (Å²) in [6, 6.07) is 0.0421. The molecule has 0 aromatic rings. The molecule has 1 heterocycles. The summed E-state index contributed by atoms with van der Waals surface area (Å²) in [5.74, 6) is 0.109. The summed E-state index contributed by atoms with van der Waals surface area (Å²) in [7, 11) is 1.72. The van der Waals surface area contributed by atoms with Crippen LogP contribution in [0.4, 0.5) is 0 Å². The molecule has 4 heteroatoms. The highest BCUT2D eigenvalue weighted by molar-refractivity contribution is 5.76. The van der Waals surface area contributed by atoms with Crippen molar-refractivity contribution in [3.8, 4) is 0 Å². The quantitative estimate of drug-likeness (QED) is 0.777. The minimum Gasteiger partial charge on any atom is -0.381 e. The van der Waals surface area contributed by atoms with E-state index in [1.165, 1.54) is 0 Å². The molecule has 16 heavy (non-hydrogen) atoms. The van der Waals surface area contributed by atoms with Gasteiger partial charge in [-0.15, -0.1) is 0 Å². The second-order valence-electron chi connectivity index (χ2n) is 4.42. The Morgan fingerprint density at radius 2 is 2.12 bits per heavy atom. The molecule has 1 aliphatic heterocycles.